The van der Waals surface area contributed by atoms with Gasteiger partial charge in [-0.2, -0.15) is 12.7 Å². The molecule has 0 aromatic heterocycles. The van der Waals surface area contributed by atoms with Gasteiger partial charge in [-0.15, -0.1) is 0 Å². The molecule has 1 N–H and O–H groups in total. The molecule has 2 rings (SSSR count). The van der Waals surface area contributed by atoms with E-state index in [1.54, 1.807) is 24.3 Å². The molecule has 1 amide bonds. The van der Waals surface area contributed by atoms with Gasteiger partial charge < -0.3 is 5.32 Å². The molecular formula is C19H25N3O3S. The second kappa shape index (κ2) is 8.33. The second-order valence-corrected chi connectivity index (χ2v) is 8.50. The lowest BCUT2D eigenvalue weighted by Gasteiger charge is -2.23. The molecule has 0 saturated carbocycles. The highest BCUT2D eigenvalue weighted by Crippen LogP contribution is 2.18. The lowest BCUT2D eigenvalue weighted by molar-refractivity contribution is 0.0951. The highest BCUT2D eigenvalue weighted by molar-refractivity contribution is 7.90. The van der Waals surface area contributed by atoms with Gasteiger partial charge in [0.15, 0.2) is 0 Å². The third-order valence-corrected chi connectivity index (χ3v) is 6.06. The van der Waals surface area contributed by atoms with Gasteiger partial charge in [0.25, 0.3) is 5.91 Å². The van der Waals surface area contributed by atoms with Crippen LogP contribution in [0, 0.1) is 0 Å². The third kappa shape index (κ3) is 4.62. The minimum Gasteiger partial charge on any atom is -0.351 e. The van der Waals surface area contributed by atoms with E-state index in [0.717, 1.165) is 4.31 Å². The predicted molar refractivity (Wildman–Crippen MR) is 105 cm³/mol. The fraction of sp³-hybridized carbons (Fsp3) is 0.316. The minimum absolute atomic E-state index is 0.183. The lowest BCUT2D eigenvalue weighted by Crippen LogP contribution is -2.37. The van der Waals surface area contributed by atoms with Crippen molar-refractivity contribution in [2.45, 2.75) is 12.8 Å². The Morgan fingerprint density at radius 3 is 2.12 bits per heavy atom. The summed E-state index contributed by atoms with van der Waals surface area (Å²) in [6, 6.07) is 16.5. The van der Waals surface area contributed by atoms with Crippen molar-refractivity contribution >= 4 is 21.8 Å². The van der Waals surface area contributed by atoms with Crippen LogP contribution in [0.2, 0.25) is 0 Å². The number of hydrogen-bond acceptors (Lipinski definition) is 3. The lowest BCUT2D eigenvalue weighted by atomic mass is 10.0. The molecular weight excluding hydrogens is 350 g/mol. The van der Waals surface area contributed by atoms with E-state index in [-0.39, 0.29) is 11.8 Å². The second-order valence-electron chi connectivity index (χ2n) is 6.33. The summed E-state index contributed by atoms with van der Waals surface area (Å²) in [6.07, 6.45) is 0. The highest BCUT2D eigenvalue weighted by Gasteiger charge is 2.21. The van der Waals surface area contributed by atoms with Crippen LogP contribution < -0.4 is 9.62 Å². The van der Waals surface area contributed by atoms with E-state index in [1.807, 2.05) is 30.3 Å². The number of anilines is 1. The Balaban J connectivity index is 2.00. The minimum atomic E-state index is -3.55. The van der Waals surface area contributed by atoms with E-state index in [0.29, 0.717) is 17.8 Å². The van der Waals surface area contributed by atoms with Crippen LogP contribution in [-0.2, 0) is 10.2 Å². The number of hydrogen-bond donors (Lipinski definition) is 1. The van der Waals surface area contributed by atoms with Crippen LogP contribution in [0.25, 0.3) is 0 Å². The van der Waals surface area contributed by atoms with Gasteiger partial charge in [0.05, 0.1) is 5.69 Å². The Labute approximate surface area is 155 Å². The van der Waals surface area contributed by atoms with E-state index >= 15 is 0 Å². The van der Waals surface area contributed by atoms with Crippen molar-refractivity contribution in [2.24, 2.45) is 0 Å². The number of benzene rings is 2. The summed E-state index contributed by atoms with van der Waals surface area (Å²) in [4.78, 5) is 12.3. The molecule has 26 heavy (non-hydrogen) atoms. The summed E-state index contributed by atoms with van der Waals surface area (Å²) >= 11 is 0. The predicted octanol–water partition coefficient (Wildman–Crippen LogP) is 2.46. The number of carbonyl (C=O) groups is 1. The Bertz CT molecular complexity index is 834. The first-order chi connectivity index (χ1) is 12.2. The van der Waals surface area contributed by atoms with Gasteiger partial charge in [-0.1, -0.05) is 37.3 Å². The van der Waals surface area contributed by atoms with Crippen LogP contribution >= 0.6 is 0 Å². The molecule has 0 aliphatic rings. The molecule has 2 aromatic rings. The molecule has 6 nitrogen and oxygen atoms in total. The van der Waals surface area contributed by atoms with Crippen LogP contribution in [0.3, 0.4) is 0 Å². The molecule has 0 aliphatic heterocycles. The molecule has 2 aromatic carbocycles. The van der Waals surface area contributed by atoms with Crippen molar-refractivity contribution in [3.8, 4) is 0 Å². The number of rotatable bonds is 7. The summed E-state index contributed by atoms with van der Waals surface area (Å²) in [5.41, 5.74) is 2.15. The normalized spacial score (nSPS) is 12.7. The Morgan fingerprint density at radius 2 is 1.58 bits per heavy atom. The van der Waals surface area contributed by atoms with Gasteiger partial charge >= 0.3 is 10.2 Å². The molecule has 0 saturated heterocycles. The van der Waals surface area contributed by atoms with Crippen LogP contribution in [0.5, 0.6) is 0 Å². The van der Waals surface area contributed by atoms with Crippen molar-refractivity contribution in [1.82, 2.24) is 9.62 Å². The molecule has 1 unspecified atom stereocenters. The van der Waals surface area contributed by atoms with Gasteiger partial charge in [-0.05, 0) is 35.7 Å². The quantitative estimate of drug-likeness (QED) is 0.808. The maximum absolute atomic E-state index is 12.3. The SMILES string of the molecule is CC(CNC(=O)c1ccc(N(C)S(=O)(=O)N(C)C)cc1)c1ccccc1. The van der Waals surface area contributed by atoms with E-state index < -0.39 is 10.2 Å². The summed E-state index contributed by atoms with van der Waals surface area (Å²) in [7, 11) is 0.877. The summed E-state index contributed by atoms with van der Waals surface area (Å²) < 4.78 is 26.6. The molecule has 140 valence electrons. The maximum atomic E-state index is 12.3. The van der Waals surface area contributed by atoms with E-state index in [1.165, 1.54) is 31.0 Å². The Morgan fingerprint density at radius 1 is 1.00 bits per heavy atom. The third-order valence-electron chi connectivity index (χ3n) is 4.24. The van der Waals surface area contributed by atoms with Crippen molar-refractivity contribution in [3.63, 3.8) is 0 Å². The van der Waals surface area contributed by atoms with Gasteiger partial charge in [0.2, 0.25) is 0 Å². The van der Waals surface area contributed by atoms with Crippen molar-refractivity contribution in [1.29, 1.82) is 0 Å². The zero-order chi connectivity index (χ0) is 19.3. The average Bonchev–Trinajstić information content (AvgIpc) is 2.65. The number of nitrogens with zero attached hydrogens (tertiary/aromatic N) is 2. The topological polar surface area (TPSA) is 69.7 Å². The zero-order valence-corrected chi connectivity index (χ0v) is 16.3. The zero-order valence-electron chi connectivity index (χ0n) is 15.5. The van der Waals surface area contributed by atoms with Gasteiger partial charge in [0, 0.05) is 33.3 Å². The molecule has 0 aliphatic carbocycles. The van der Waals surface area contributed by atoms with E-state index in [4.69, 9.17) is 0 Å². The van der Waals surface area contributed by atoms with E-state index in [2.05, 4.69) is 12.2 Å². The maximum Gasteiger partial charge on any atom is 0.303 e. The fourth-order valence-electron chi connectivity index (χ4n) is 2.45. The van der Waals surface area contributed by atoms with Crippen LogP contribution in [-0.4, -0.2) is 46.3 Å². The Kier molecular flexibility index (Phi) is 6.39. The Hall–Kier alpha value is -2.38. The number of carbonyl (C=O) groups excluding carboxylic acids is 1. The first-order valence-electron chi connectivity index (χ1n) is 8.33. The van der Waals surface area contributed by atoms with Crippen molar-refractivity contribution < 1.29 is 13.2 Å². The molecule has 0 spiro atoms. The van der Waals surface area contributed by atoms with Crippen molar-refractivity contribution in [2.75, 3.05) is 32.0 Å². The van der Waals surface area contributed by atoms with Crippen LogP contribution in [0.1, 0.15) is 28.8 Å². The molecule has 7 heteroatoms. The van der Waals surface area contributed by atoms with Gasteiger partial charge in [-0.3, -0.25) is 9.10 Å². The van der Waals surface area contributed by atoms with Gasteiger partial charge in [0.1, 0.15) is 0 Å². The first-order valence-corrected chi connectivity index (χ1v) is 9.72. The summed E-state index contributed by atoms with van der Waals surface area (Å²) in [5, 5.41) is 2.92. The van der Waals surface area contributed by atoms with Gasteiger partial charge in [-0.25, -0.2) is 0 Å². The van der Waals surface area contributed by atoms with Crippen molar-refractivity contribution in [3.05, 3.63) is 65.7 Å². The number of amides is 1. The molecule has 0 radical (unpaired) electrons. The molecule has 0 bridgehead atoms. The summed E-state index contributed by atoms with van der Waals surface area (Å²) in [5.74, 6) is 0.0215. The van der Waals surface area contributed by atoms with E-state index in [9.17, 15) is 13.2 Å². The molecule has 1 atom stereocenters. The average molecular weight is 375 g/mol. The van der Waals surface area contributed by atoms with Crippen LogP contribution in [0.15, 0.2) is 54.6 Å². The fourth-order valence-corrected chi connectivity index (χ4v) is 3.33. The van der Waals surface area contributed by atoms with Crippen LogP contribution in [0.4, 0.5) is 5.69 Å². The highest BCUT2D eigenvalue weighted by atomic mass is 32.2. The first kappa shape index (κ1) is 19.9. The monoisotopic (exact) mass is 375 g/mol. The standard InChI is InChI=1S/C19H25N3O3S/c1-15(16-8-6-5-7-9-16)14-20-19(23)17-10-12-18(13-11-17)22(4)26(24,25)21(2)3/h5-13,15H,14H2,1-4H3,(H,20,23). The number of nitrogens with one attached hydrogen (secondary N) is 1. The smallest absolute Gasteiger partial charge is 0.303 e. The largest absolute Gasteiger partial charge is 0.351 e. The summed E-state index contributed by atoms with van der Waals surface area (Å²) in [6.45, 7) is 2.58. The molecule has 0 heterocycles. The molecule has 0 fully saturated rings.